The number of rotatable bonds is 11. The normalized spacial score (nSPS) is 11.4. The first-order valence-electron chi connectivity index (χ1n) is 11.7. The van der Waals surface area contributed by atoms with Crippen LogP contribution in [0.25, 0.3) is 16.3 Å². The standard InChI is InChI=1S/C27H35N3O4S/c1-8-29(9-2)12-13-30(27-28-21-15-18(3)14-19(4)26(21)35-27)24(31)11-10-20-16-22(32-5)25(34-7)23(17-20)33-6/h10-11,14-17H,8-9,12-13H2,1-7H3/b11-10+. The Morgan fingerprint density at radius 3 is 2.20 bits per heavy atom. The van der Waals surface area contributed by atoms with Crippen LogP contribution in [0.4, 0.5) is 5.13 Å². The molecule has 0 aliphatic heterocycles. The van der Waals surface area contributed by atoms with E-state index in [1.54, 1.807) is 49.7 Å². The fourth-order valence-electron chi connectivity index (χ4n) is 4.02. The predicted molar refractivity (Wildman–Crippen MR) is 144 cm³/mol. The summed E-state index contributed by atoms with van der Waals surface area (Å²) < 4.78 is 17.4. The number of hydrogen-bond donors (Lipinski definition) is 0. The van der Waals surface area contributed by atoms with Gasteiger partial charge in [-0.1, -0.05) is 31.3 Å². The molecule has 8 heteroatoms. The minimum Gasteiger partial charge on any atom is -0.493 e. The molecule has 2 aromatic carbocycles. The summed E-state index contributed by atoms with van der Waals surface area (Å²) in [6.45, 7) is 11.6. The van der Waals surface area contributed by atoms with Gasteiger partial charge in [-0.15, -0.1) is 0 Å². The first-order valence-corrected chi connectivity index (χ1v) is 12.6. The van der Waals surface area contributed by atoms with E-state index in [1.807, 2.05) is 12.1 Å². The van der Waals surface area contributed by atoms with E-state index in [0.29, 0.717) is 28.9 Å². The number of carbonyl (C=O) groups excluding carboxylic acids is 1. The lowest BCUT2D eigenvalue weighted by atomic mass is 10.1. The van der Waals surface area contributed by atoms with Crippen molar-refractivity contribution in [3.05, 3.63) is 47.0 Å². The Kier molecular flexibility index (Phi) is 9.12. The van der Waals surface area contributed by atoms with Crippen molar-refractivity contribution in [1.29, 1.82) is 0 Å². The number of aromatic nitrogens is 1. The molecule has 1 heterocycles. The molecule has 0 unspecified atom stereocenters. The molecule has 0 saturated carbocycles. The highest BCUT2D eigenvalue weighted by Gasteiger charge is 2.20. The van der Waals surface area contributed by atoms with Crippen LogP contribution in [-0.2, 0) is 4.79 Å². The highest BCUT2D eigenvalue weighted by atomic mass is 32.1. The van der Waals surface area contributed by atoms with Gasteiger partial charge in [0.1, 0.15) is 0 Å². The molecule has 0 bridgehead atoms. The smallest absolute Gasteiger partial charge is 0.252 e. The maximum Gasteiger partial charge on any atom is 0.252 e. The lowest BCUT2D eigenvalue weighted by molar-refractivity contribution is -0.114. The number of fused-ring (bicyclic) bond motifs is 1. The number of thiazole rings is 1. The summed E-state index contributed by atoms with van der Waals surface area (Å²) in [5.74, 6) is 1.46. The topological polar surface area (TPSA) is 64.1 Å². The highest BCUT2D eigenvalue weighted by molar-refractivity contribution is 7.22. The van der Waals surface area contributed by atoms with Crippen LogP contribution in [-0.4, -0.2) is 63.3 Å². The minimum atomic E-state index is -0.126. The molecule has 35 heavy (non-hydrogen) atoms. The predicted octanol–water partition coefficient (Wildman–Crippen LogP) is 5.33. The van der Waals surface area contributed by atoms with Gasteiger partial charge in [0, 0.05) is 19.2 Å². The first kappa shape index (κ1) is 26.5. The largest absolute Gasteiger partial charge is 0.493 e. The molecule has 0 spiro atoms. The SMILES string of the molecule is CCN(CC)CCN(C(=O)/C=C/c1cc(OC)c(OC)c(OC)c1)c1nc2cc(C)cc(C)c2s1. The van der Waals surface area contributed by atoms with E-state index in [2.05, 4.69) is 44.7 Å². The molecular weight excluding hydrogens is 462 g/mol. The highest BCUT2D eigenvalue weighted by Crippen LogP contribution is 2.38. The van der Waals surface area contributed by atoms with Crippen LogP contribution in [0, 0.1) is 13.8 Å². The molecular formula is C27H35N3O4S. The second kappa shape index (κ2) is 12.0. The monoisotopic (exact) mass is 497 g/mol. The minimum absolute atomic E-state index is 0.126. The Morgan fingerprint density at radius 1 is 0.971 bits per heavy atom. The number of benzene rings is 2. The zero-order valence-electron chi connectivity index (χ0n) is 21.7. The molecule has 0 saturated heterocycles. The van der Waals surface area contributed by atoms with Crippen molar-refractivity contribution in [2.75, 3.05) is 52.4 Å². The Bertz CT molecular complexity index is 1180. The maximum atomic E-state index is 13.5. The molecule has 3 rings (SSSR count). The molecule has 7 nitrogen and oxygen atoms in total. The molecule has 0 radical (unpaired) electrons. The summed E-state index contributed by atoms with van der Waals surface area (Å²) in [6, 6.07) is 7.85. The number of amides is 1. The fraction of sp³-hybridized carbons (Fsp3) is 0.407. The summed E-state index contributed by atoms with van der Waals surface area (Å²) in [7, 11) is 4.71. The number of hydrogen-bond acceptors (Lipinski definition) is 7. The van der Waals surface area contributed by atoms with Gasteiger partial charge in [-0.25, -0.2) is 4.98 Å². The molecule has 0 atom stereocenters. The zero-order valence-corrected chi connectivity index (χ0v) is 22.5. The van der Waals surface area contributed by atoms with E-state index >= 15 is 0 Å². The summed E-state index contributed by atoms with van der Waals surface area (Å²) in [4.78, 5) is 22.4. The molecule has 1 amide bonds. The average Bonchev–Trinajstić information content (AvgIpc) is 3.28. The fourth-order valence-corrected chi connectivity index (χ4v) is 5.06. The molecule has 3 aromatic rings. The number of nitrogens with zero attached hydrogens (tertiary/aromatic N) is 3. The van der Waals surface area contributed by atoms with Crippen LogP contribution in [0.2, 0.25) is 0 Å². The van der Waals surface area contributed by atoms with Crippen LogP contribution in [0.5, 0.6) is 17.2 Å². The molecule has 0 fully saturated rings. The molecule has 188 valence electrons. The lowest BCUT2D eigenvalue weighted by Crippen LogP contribution is -2.38. The van der Waals surface area contributed by atoms with Crippen molar-refractivity contribution in [1.82, 2.24) is 9.88 Å². The summed E-state index contributed by atoms with van der Waals surface area (Å²) >= 11 is 1.56. The van der Waals surface area contributed by atoms with Crippen molar-refractivity contribution >= 4 is 38.7 Å². The number of ether oxygens (including phenoxy) is 3. The van der Waals surface area contributed by atoms with Crippen LogP contribution >= 0.6 is 11.3 Å². The van der Waals surface area contributed by atoms with Gasteiger partial charge in [-0.3, -0.25) is 9.69 Å². The van der Waals surface area contributed by atoms with Crippen molar-refractivity contribution in [3.8, 4) is 17.2 Å². The number of likely N-dealkylation sites (N-methyl/N-ethyl adjacent to an activating group) is 1. The van der Waals surface area contributed by atoms with Gasteiger partial charge in [0.2, 0.25) is 5.75 Å². The lowest BCUT2D eigenvalue weighted by Gasteiger charge is -2.23. The van der Waals surface area contributed by atoms with Crippen LogP contribution in [0.15, 0.2) is 30.3 Å². The van der Waals surface area contributed by atoms with E-state index in [9.17, 15) is 4.79 Å². The molecule has 0 N–H and O–H groups in total. The number of anilines is 1. The Morgan fingerprint density at radius 2 is 1.63 bits per heavy atom. The maximum absolute atomic E-state index is 13.5. The van der Waals surface area contributed by atoms with Gasteiger partial charge in [0.25, 0.3) is 5.91 Å². The van der Waals surface area contributed by atoms with Crippen LogP contribution in [0.3, 0.4) is 0 Å². The van der Waals surface area contributed by atoms with Crippen molar-refractivity contribution in [2.45, 2.75) is 27.7 Å². The summed E-state index contributed by atoms with van der Waals surface area (Å²) in [5, 5.41) is 0.709. The third-order valence-electron chi connectivity index (χ3n) is 5.95. The second-order valence-electron chi connectivity index (χ2n) is 8.24. The Labute approximate surface area is 211 Å². The zero-order chi connectivity index (χ0) is 25.5. The second-order valence-corrected chi connectivity index (χ2v) is 9.21. The van der Waals surface area contributed by atoms with Crippen molar-refractivity contribution in [3.63, 3.8) is 0 Å². The van der Waals surface area contributed by atoms with E-state index in [-0.39, 0.29) is 5.91 Å². The average molecular weight is 498 g/mol. The summed E-state index contributed by atoms with van der Waals surface area (Å²) in [6.07, 6.45) is 3.34. The molecule has 1 aromatic heterocycles. The summed E-state index contributed by atoms with van der Waals surface area (Å²) in [5.41, 5.74) is 4.03. The Hall–Kier alpha value is -3.10. The molecule has 0 aliphatic carbocycles. The van der Waals surface area contributed by atoms with Gasteiger partial charge in [0.15, 0.2) is 16.6 Å². The van der Waals surface area contributed by atoms with E-state index < -0.39 is 0 Å². The van der Waals surface area contributed by atoms with E-state index in [0.717, 1.165) is 41.0 Å². The van der Waals surface area contributed by atoms with E-state index in [4.69, 9.17) is 19.2 Å². The number of methoxy groups -OCH3 is 3. The van der Waals surface area contributed by atoms with Crippen LogP contribution < -0.4 is 19.1 Å². The quantitative estimate of drug-likeness (QED) is 0.334. The third kappa shape index (κ3) is 6.13. The van der Waals surface area contributed by atoms with Gasteiger partial charge in [0.05, 0.1) is 31.5 Å². The van der Waals surface area contributed by atoms with Crippen molar-refractivity contribution in [2.24, 2.45) is 0 Å². The van der Waals surface area contributed by atoms with Gasteiger partial charge >= 0.3 is 0 Å². The van der Waals surface area contributed by atoms with Gasteiger partial charge < -0.3 is 19.1 Å². The number of aryl methyl sites for hydroxylation is 2. The van der Waals surface area contributed by atoms with Gasteiger partial charge in [-0.2, -0.15) is 0 Å². The van der Waals surface area contributed by atoms with E-state index in [1.165, 1.54) is 5.56 Å². The van der Waals surface area contributed by atoms with Gasteiger partial charge in [-0.05, 0) is 67.9 Å². The third-order valence-corrected chi connectivity index (χ3v) is 7.17. The molecule has 0 aliphatic rings. The number of carbonyl (C=O) groups is 1. The first-order chi connectivity index (χ1) is 16.8. The van der Waals surface area contributed by atoms with Crippen molar-refractivity contribution < 1.29 is 19.0 Å². The Balaban J connectivity index is 1.95. The van der Waals surface area contributed by atoms with Crippen LogP contribution in [0.1, 0.15) is 30.5 Å².